The fraction of sp³-hybridized carbons (Fsp3) is 0.364. The van der Waals surface area contributed by atoms with E-state index in [-0.39, 0.29) is 30.5 Å². The maximum atomic E-state index is 13.1. The van der Waals surface area contributed by atoms with Crippen LogP contribution in [0.1, 0.15) is 37.0 Å². The third kappa shape index (κ3) is 5.88. The summed E-state index contributed by atoms with van der Waals surface area (Å²) in [5, 5.41) is 14.1. The molecular formula is C22H27N3O4. The predicted octanol–water partition coefficient (Wildman–Crippen LogP) is 3.39. The van der Waals surface area contributed by atoms with Crippen LogP contribution in [0.5, 0.6) is 0 Å². The molecule has 0 spiro atoms. The first-order valence-corrected chi connectivity index (χ1v) is 9.69. The molecular weight excluding hydrogens is 370 g/mol. The van der Waals surface area contributed by atoms with Crippen LogP contribution in [0.15, 0.2) is 48.5 Å². The van der Waals surface area contributed by atoms with Crippen molar-refractivity contribution in [3.63, 3.8) is 0 Å². The predicted molar refractivity (Wildman–Crippen MR) is 111 cm³/mol. The minimum atomic E-state index is -0.698. The molecule has 0 saturated heterocycles. The number of hydrogen-bond acceptors (Lipinski definition) is 4. The second kappa shape index (κ2) is 10.4. The number of nitro benzene ring substituents is 1. The summed E-state index contributed by atoms with van der Waals surface area (Å²) in [7, 11) is 0. The third-order valence-corrected chi connectivity index (χ3v) is 4.85. The van der Waals surface area contributed by atoms with Crippen LogP contribution in [0.25, 0.3) is 0 Å². The van der Waals surface area contributed by atoms with Gasteiger partial charge in [0.1, 0.15) is 6.04 Å². The van der Waals surface area contributed by atoms with E-state index in [2.05, 4.69) is 5.32 Å². The summed E-state index contributed by atoms with van der Waals surface area (Å²) in [6.07, 6.45) is 0.648. The number of nitrogens with zero attached hydrogens (tertiary/aromatic N) is 2. The number of hydrogen-bond donors (Lipinski definition) is 1. The minimum Gasteiger partial charge on any atom is -0.354 e. The Morgan fingerprint density at radius 3 is 2.34 bits per heavy atom. The number of nitro groups is 1. The standard InChI is InChI=1S/C22H27N3O4/c1-4-13-23-22(27)17(3)24(15-19-11-6-5-9-16(19)2)21(26)14-18-10-7-8-12-20(18)25(28)29/h5-12,17H,4,13-15H2,1-3H3,(H,23,27)/t17-/m1/s1. The highest BCUT2D eigenvalue weighted by molar-refractivity contribution is 5.88. The maximum Gasteiger partial charge on any atom is 0.273 e. The number of nitrogens with one attached hydrogen (secondary N) is 1. The zero-order valence-corrected chi connectivity index (χ0v) is 17.1. The molecule has 0 aliphatic carbocycles. The zero-order valence-electron chi connectivity index (χ0n) is 17.1. The van der Waals surface area contributed by atoms with E-state index in [0.717, 1.165) is 17.5 Å². The molecule has 2 rings (SSSR count). The summed E-state index contributed by atoms with van der Waals surface area (Å²) in [5.74, 6) is -0.571. The smallest absolute Gasteiger partial charge is 0.273 e. The number of para-hydroxylation sites is 1. The van der Waals surface area contributed by atoms with Gasteiger partial charge in [0.2, 0.25) is 11.8 Å². The Morgan fingerprint density at radius 1 is 1.10 bits per heavy atom. The van der Waals surface area contributed by atoms with E-state index in [4.69, 9.17) is 0 Å². The lowest BCUT2D eigenvalue weighted by atomic mass is 10.0. The van der Waals surface area contributed by atoms with Crippen LogP contribution in [0, 0.1) is 17.0 Å². The summed E-state index contributed by atoms with van der Waals surface area (Å²) in [6.45, 7) is 6.37. The van der Waals surface area contributed by atoms with Crippen LogP contribution >= 0.6 is 0 Å². The van der Waals surface area contributed by atoms with Gasteiger partial charge >= 0.3 is 0 Å². The number of benzene rings is 2. The summed E-state index contributed by atoms with van der Waals surface area (Å²) in [6, 6.07) is 13.1. The van der Waals surface area contributed by atoms with Gasteiger partial charge < -0.3 is 10.2 Å². The average molecular weight is 397 g/mol. The summed E-state index contributed by atoms with van der Waals surface area (Å²) >= 11 is 0. The Hall–Kier alpha value is -3.22. The number of amides is 2. The largest absolute Gasteiger partial charge is 0.354 e. The lowest BCUT2D eigenvalue weighted by Crippen LogP contribution is -2.48. The van der Waals surface area contributed by atoms with Crippen molar-refractivity contribution >= 4 is 17.5 Å². The SMILES string of the molecule is CCCNC(=O)[C@@H](C)N(Cc1ccccc1C)C(=O)Cc1ccccc1[N+](=O)[O-]. The highest BCUT2D eigenvalue weighted by atomic mass is 16.6. The molecule has 2 aromatic rings. The summed E-state index contributed by atoms with van der Waals surface area (Å²) in [4.78, 5) is 38.0. The molecule has 1 N–H and O–H groups in total. The normalized spacial score (nSPS) is 11.6. The molecule has 0 unspecified atom stereocenters. The van der Waals surface area contributed by atoms with E-state index in [1.165, 1.54) is 11.0 Å². The van der Waals surface area contributed by atoms with Crippen molar-refractivity contribution in [2.45, 2.75) is 46.2 Å². The van der Waals surface area contributed by atoms with Gasteiger partial charge in [-0.25, -0.2) is 0 Å². The van der Waals surface area contributed by atoms with Crippen molar-refractivity contribution in [1.29, 1.82) is 0 Å². The first-order chi connectivity index (χ1) is 13.8. The van der Waals surface area contributed by atoms with Crippen molar-refractivity contribution in [3.05, 3.63) is 75.3 Å². The van der Waals surface area contributed by atoms with Gasteiger partial charge in [0.05, 0.1) is 11.3 Å². The van der Waals surface area contributed by atoms with E-state index in [1.807, 2.05) is 38.1 Å². The van der Waals surface area contributed by atoms with Gasteiger partial charge in [-0.05, 0) is 31.4 Å². The molecule has 154 valence electrons. The van der Waals surface area contributed by atoms with Crippen LogP contribution in [0.2, 0.25) is 0 Å². The molecule has 0 aliphatic rings. The first-order valence-electron chi connectivity index (χ1n) is 9.69. The van der Waals surface area contributed by atoms with E-state index in [9.17, 15) is 19.7 Å². The minimum absolute atomic E-state index is 0.0974. The first kappa shape index (κ1) is 22.1. The topological polar surface area (TPSA) is 92.6 Å². The molecule has 7 heteroatoms. The van der Waals surface area contributed by atoms with Gasteiger partial charge in [-0.3, -0.25) is 19.7 Å². The van der Waals surface area contributed by atoms with Crippen LogP contribution < -0.4 is 5.32 Å². The van der Waals surface area contributed by atoms with Crippen LogP contribution in [-0.4, -0.2) is 34.2 Å². The molecule has 7 nitrogen and oxygen atoms in total. The summed E-state index contributed by atoms with van der Waals surface area (Å²) < 4.78 is 0. The molecule has 1 atom stereocenters. The van der Waals surface area contributed by atoms with Crippen molar-refractivity contribution in [3.8, 4) is 0 Å². The average Bonchev–Trinajstić information content (AvgIpc) is 2.71. The van der Waals surface area contributed by atoms with Crippen LogP contribution in [0.4, 0.5) is 5.69 Å². The van der Waals surface area contributed by atoms with Gasteiger partial charge in [-0.15, -0.1) is 0 Å². The second-order valence-electron chi connectivity index (χ2n) is 6.98. The van der Waals surface area contributed by atoms with Crippen molar-refractivity contribution in [2.75, 3.05) is 6.54 Å². The van der Waals surface area contributed by atoms with Crippen LogP contribution in [0.3, 0.4) is 0 Å². The third-order valence-electron chi connectivity index (χ3n) is 4.85. The fourth-order valence-corrected chi connectivity index (χ4v) is 3.05. The van der Waals surface area contributed by atoms with Crippen LogP contribution in [-0.2, 0) is 22.6 Å². The molecule has 0 bridgehead atoms. The molecule has 2 aromatic carbocycles. The zero-order chi connectivity index (χ0) is 21.4. The van der Waals surface area contributed by atoms with Gasteiger partial charge in [-0.1, -0.05) is 49.4 Å². The molecule has 0 radical (unpaired) electrons. The highest BCUT2D eigenvalue weighted by Gasteiger charge is 2.28. The molecule has 0 saturated carbocycles. The molecule has 2 amide bonds. The van der Waals surface area contributed by atoms with E-state index >= 15 is 0 Å². The number of aryl methyl sites for hydroxylation is 1. The monoisotopic (exact) mass is 397 g/mol. The molecule has 0 aliphatic heterocycles. The molecule has 0 aromatic heterocycles. The molecule has 0 heterocycles. The lowest BCUT2D eigenvalue weighted by Gasteiger charge is -2.29. The quantitative estimate of drug-likeness (QED) is 0.518. The Bertz CT molecular complexity index is 882. The van der Waals surface area contributed by atoms with Crippen molar-refractivity contribution in [2.24, 2.45) is 0 Å². The van der Waals surface area contributed by atoms with Gasteiger partial charge in [-0.2, -0.15) is 0 Å². The van der Waals surface area contributed by atoms with E-state index < -0.39 is 11.0 Å². The maximum absolute atomic E-state index is 13.1. The Labute approximate surface area is 170 Å². The number of rotatable bonds is 9. The fourth-order valence-electron chi connectivity index (χ4n) is 3.05. The second-order valence-corrected chi connectivity index (χ2v) is 6.98. The summed E-state index contributed by atoms with van der Waals surface area (Å²) in [5.41, 5.74) is 2.17. The highest BCUT2D eigenvalue weighted by Crippen LogP contribution is 2.21. The molecule has 29 heavy (non-hydrogen) atoms. The Balaban J connectivity index is 2.31. The van der Waals surface area contributed by atoms with Gasteiger partial charge in [0.25, 0.3) is 5.69 Å². The van der Waals surface area contributed by atoms with E-state index in [0.29, 0.717) is 12.1 Å². The van der Waals surface area contributed by atoms with Crippen molar-refractivity contribution in [1.82, 2.24) is 10.2 Å². The number of carbonyl (C=O) groups excluding carboxylic acids is 2. The lowest BCUT2D eigenvalue weighted by molar-refractivity contribution is -0.385. The Morgan fingerprint density at radius 2 is 1.72 bits per heavy atom. The number of carbonyl (C=O) groups is 2. The van der Waals surface area contributed by atoms with Gasteiger partial charge in [0.15, 0.2) is 0 Å². The van der Waals surface area contributed by atoms with Gasteiger partial charge in [0, 0.05) is 24.7 Å². The van der Waals surface area contributed by atoms with Crippen molar-refractivity contribution < 1.29 is 14.5 Å². The Kier molecular flexibility index (Phi) is 7.88. The molecule has 0 fully saturated rings. The van der Waals surface area contributed by atoms with E-state index in [1.54, 1.807) is 25.1 Å².